The zero-order valence-electron chi connectivity index (χ0n) is 3.73. The average molecular weight is 80.1 g/mol. The molecule has 0 fully saturated rings. The van der Waals surface area contributed by atoms with Gasteiger partial charge in [0.2, 0.25) is 0 Å². The Hall–Kier alpha value is -0.590. The molecule has 1 rings (SSSR count). The van der Waals surface area contributed by atoms with Crippen LogP contribution in [0.4, 0.5) is 0 Å². The molecule has 0 saturated heterocycles. The molecule has 0 bridgehead atoms. The summed E-state index contributed by atoms with van der Waals surface area (Å²) in [5.74, 6) is 0. The van der Waals surface area contributed by atoms with E-state index in [0.717, 1.165) is 12.1 Å². The highest BCUT2D eigenvalue weighted by atomic mass is 14.7. The lowest BCUT2D eigenvalue weighted by molar-refractivity contribution is 1.29. The fraction of sp³-hybridized carbons (Fsp3) is 0.400. The predicted octanol–water partition coefficient (Wildman–Crippen LogP) is 0.894. The van der Waals surface area contributed by atoms with E-state index in [1.807, 2.05) is 13.0 Å². The molecule has 0 aromatic heterocycles. The van der Waals surface area contributed by atoms with E-state index >= 15 is 0 Å². The van der Waals surface area contributed by atoms with Crippen LogP contribution in [0, 0.1) is 0 Å². The first kappa shape index (κ1) is 3.59. The van der Waals surface area contributed by atoms with Crippen LogP contribution in [0.15, 0.2) is 16.6 Å². The zero-order valence-corrected chi connectivity index (χ0v) is 3.73. The predicted molar refractivity (Wildman–Crippen MR) is 26.1 cm³/mol. The lowest BCUT2D eigenvalue weighted by Gasteiger charge is -1.68. The molecule has 1 aliphatic rings. The molecule has 0 spiro atoms. The van der Waals surface area contributed by atoms with Crippen molar-refractivity contribution in [1.29, 1.82) is 0 Å². The third-order valence-corrected chi connectivity index (χ3v) is 0.744. The van der Waals surface area contributed by atoms with Gasteiger partial charge in [-0.2, -0.15) is 0 Å². The third-order valence-electron chi connectivity index (χ3n) is 0.744. The molecule has 1 nitrogen and oxygen atoms in total. The van der Waals surface area contributed by atoms with Crippen molar-refractivity contribution in [2.45, 2.75) is 6.92 Å². The first-order valence-corrected chi connectivity index (χ1v) is 1.99. The van der Waals surface area contributed by atoms with Gasteiger partial charge in [0.05, 0.1) is 12.8 Å². The molecule has 0 atom stereocenters. The second kappa shape index (κ2) is 1.25. The molecule has 31 valence electrons. The molecular formula is C5H6N. The molecule has 6 heavy (non-hydrogen) atoms. The van der Waals surface area contributed by atoms with Gasteiger partial charge in [-0.25, -0.2) is 0 Å². The molecule has 0 N–H and O–H groups in total. The Bertz CT molecular complexity index is 97.8. The number of nitrogens with zero attached hydrogens (tertiary/aromatic N) is 1. The van der Waals surface area contributed by atoms with E-state index in [9.17, 15) is 0 Å². The maximum absolute atomic E-state index is 3.82. The van der Waals surface area contributed by atoms with Gasteiger partial charge in [-0.05, 0) is 12.5 Å². The molecular weight excluding hydrogens is 74.1 g/mol. The highest BCUT2D eigenvalue weighted by Crippen LogP contribution is 1.93. The summed E-state index contributed by atoms with van der Waals surface area (Å²) in [4.78, 5) is 3.82. The zero-order chi connectivity index (χ0) is 4.41. The number of hydrogen-bond donors (Lipinski definition) is 0. The summed E-state index contributed by atoms with van der Waals surface area (Å²) in [5.41, 5.74) is 1.16. The molecule has 1 heterocycles. The minimum Gasteiger partial charge on any atom is -0.279 e. The van der Waals surface area contributed by atoms with E-state index in [1.54, 1.807) is 0 Å². The smallest absolute Gasteiger partial charge is 0.0859 e. The van der Waals surface area contributed by atoms with Crippen LogP contribution in [0.2, 0.25) is 0 Å². The van der Waals surface area contributed by atoms with Gasteiger partial charge >= 0.3 is 0 Å². The van der Waals surface area contributed by atoms with E-state index in [2.05, 4.69) is 11.2 Å². The van der Waals surface area contributed by atoms with Crippen LogP contribution in [-0.2, 0) is 0 Å². The fourth-order valence-electron chi connectivity index (χ4n) is 0.399. The molecule has 0 saturated carbocycles. The van der Waals surface area contributed by atoms with Crippen molar-refractivity contribution >= 4 is 6.21 Å². The van der Waals surface area contributed by atoms with Gasteiger partial charge in [0.25, 0.3) is 0 Å². The number of hydrogen-bond acceptors (Lipinski definition) is 1. The Morgan fingerprint density at radius 1 is 2.00 bits per heavy atom. The van der Waals surface area contributed by atoms with Crippen LogP contribution in [0.1, 0.15) is 6.92 Å². The van der Waals surface area contributed by atoms with Gasteiger partial charge in [-0.3, -0.25) is 4.99 Å². The fourth-order valence-corrected chi connectivity index (χ4v) is 0.399. The van der Waals surface area contributed by atoms with Crippen molar-refractivity contribution in [3.63, 3.8) is 0 Å². The van der Waals surface area contributed by atoms with Crippen LogP contribution in [-0.4, -0.2) is 12.8 Å². The summed E-state index contributed by atoms with van der Waals surface area (Å²) in [7, 11) is 0. The summed E-state index contributed by atoms with van der Waals surface area (Å²) in [5, 5.41) is 0. The Morgan fingerprint density at radius 2 is 2.83 bits per heavy atom. The average Bonchev–Trinajstić information content (AvgIpc) is 1.86. The largest absolute Gasteiger partial charge is 0.279 e. The molecule has 0 aromatic rings. The quantitative estimate of drug-likeness (QED) is 0.410. The van der Waals surface area contributed by atoms with E-state index in [1.165, 1.54) is 0 Å². The first-order valence-electron chi connectivity index (χ1n) is 1.99. The van der Waals surface area contributed by atoms with Crippen LogP contribution >= 0.6 is 0 Å². The van der Waals surface area contributed by atoms with Gasteiger partial charge in [0.15, 0.2) is 0 Å². The van der Waals surface area contributed by atoms with Gasteiger partial charge in [0.1, 0.15) is 0 Å². The molecule has 0 amide bonds. The van der Waals surface area contributed by atoms with Gasteiger partial charge in [-0.15, -0.1) is 0 Å². The minimum atomic E-state index is 0.839. The minimum absolute atomic E-state index is 0.839. The van der Waals surface area contributed by atoms with Crippen LogP contribution in [0.25, 0.3) is 0 Å². The Balaban J connectivity index is 2.68. The number of aliphatic imine (C=N–C) groups is 1. The second-order valence-corrected chi connectivity index (χ2v) is 1.34. The molecule has 1 heteroatoms. The van der Waals surface area contributed by atoms with E-state index in [-0.39, 0.29) is 0 Å². The number of rotatable bonds is 0. The Labute approximate surface area is 37.4 Å². The molecule has 0 aliphatic carbocycles. The highest BCUT2D eigenvalue weighted by Gasteiger charge is 1.87. The molecule has 0 aromatic carbocycles. The lowest BCUT2D eigenvalue weighted by Crippen LogP contribution is -1.63. The summed E-state index contributed by atoms with van der Waals surface area (Å²) < 4.78 is 0. The molecule has 1 aliphatic heterocycles. The first-order chi connectivity index (χ1) is 2.89. The summed E-state index contributed by atoms with van der Waals surface area (Å²) in [6.45, 7) is 2.84. The second-order valence-electron chi connectivity index (χ2n) is 1.34. The van der Waals surface area contributed by atoms with Gasteiger partial charge in [-0.1, -0.05) is 6.08 Å². The maximum atomic E-state index is 3.82. The van der Waals surface area contributed by atoms with Crippen LogP contribution < -0.4 is 0 Å². The summed E-state index contributed by atoms with van der Waals surface area (Å²) in [6.07, 6.45) is 4.85. The van der Waals surface area contributed by atoms with Crippen molar-refractivity contribution in [1.82, 2.24) is 0 Å². The molecule has 1 radical (unpaired) electrons. The van der Waals surface area contributed by atoms with Crippen LogP contribution in [0.5, 0.6) is 0 Å². The van der Waals surface area contributed by atoms with Crippen LogP contribution in [0.3, 0.4) is 0 Å². The highest BCUT2D eigenvalue weighted by molar-refractivity contribution is 5.79. The van der Waals surface area contributed by atoms with Crippen molar-refractivity contribution in [2.24, 2.45) is 4.99 Å². The van der Waals surface area contributed by atoms with E-state index < -0.39 is 0 Å². The Morgan fingerprint density at radius 3 is 3.00 bits per heavy atom. The summed E-state index contributed by atoms with van der Waals surface area (Å²) >= 11 is 0. The normalized spacial score (nSPS) is 18.5. The van der Waals surface area contributed by atoms with Gasteiger partial charge in [0, 0.05) is 0 Å². The lowest BCUT2D eigenvalue weighted by atomic mass is 10.3. The van der Waals surface area contributed by atoms with Crippen molar-refractivity contribution in [3.05, 3.63) is 11.6 Å². The standard InChI is InChI=1S/C5H6N/c1-5-2-3-6-4-5/h2H,3H2,1H3. The van der Waals surface area contributed by atoms with Gasteiger partial charge < -0.3 is 0 Å². The van der Waals surface area contributed by atoms with Crippen molar-refractivity contribution in [3.8, 4) is 0 Å². The monoisotopic (exact) mass is 80.1 g/mol. The number of allylic oxidation sites excluding steroid dienone is 1. The topological polar surface area (TPSA) is 12.4 Å². The van der Waals surface area contributed by atoms with Crippen molar-refractivity contribution in [2.75, 3.05) is 6.54 Å². The van der Waals surface area contributed by atoms with E-state index in [0.29, 0.717) is 0 Å². The SMILES string of the molecule is CC1=CCN=[C]1. The van der Waals surface area contributed by atoms with E-state index in [4.69, 9.17) is 0 Å². The van der Waals surface area contributed by atoms with Crippen molar-refractivity contribution < 1.29 is 0 Å². The summed E-state index contributed by atoms with van der Waals surface area (Å²) in [6, 6.07) is 0. The molecule has 0 unspecified atom stereocenters. The Kier molecular flexibility index (Phi) is 0.748. The third kappa shape index (κ3) is 0.482. The maximum Gasteiger partial charge on any atom is 0.0859 e.